The number of anilines is 1. The van der Waals surface area contributed by atoms with Gasteiger partial charge in [-0.15, -0.1) is 0 Å². The van der Waals surface area contributed by atoms with Gasteiger partial charge < -0.3 is 15.5 Å². The van der Waals surface area contributed by atoms with E-state index in [1.807, 2.05) is 0 Å². The van der Waals surface area contributed by atoms with Crippen LogP contribution in [0.4, 0.5) is 5.13 Å². The predicted octanol–water partition coefficient (Wildman–Crippen LogP) is 2.51. The molecule has 0 bridgehead atoms. The molecule has 1 heterocycles. The molecule has 0 atom stereocenters. The monoisotopic (exact) mass is 265 g/mol. The molecular weight excluding hydrogens is 250 g/mol. The van der Waals surface area contributed by atoms with Crippen molar-refractivity contribution >= 4 is 16.7 Å². The number of hydrogen-bond acceptors (Lipinski definition) is 6. The zero-order valence-electron chi connectivity index (χ0n) is 10.1. The van der Waals surface area contributed by atoms with E-state index in [0.29, 0.717) is 12.1 Å². The summed E-state index contributed by atoms with van der Waals surface area (Å²) in [5.74, 6) is 1.12. The van der Waals surface area contributed by atoms with Gasteiger partial charge in [0, 0.05) is 30.1 Å². The van der Waals surface area contributed by atoms with Gasteiger partial charge in [0.05, 0.1) is 0 Å². The lowest BCUT2D eigenvalue weighted by Crippen LogP contribution is -1.99. The molecule has 5 nitrogen and oxygen atoms in total. The molecule has 2 aromatic rings. The lowest BCUT2D eigenvalue weighted by atomic mass is 10.2. The number of phenols is 2. The van der Waals surface area contributed by atoms with E-state index < -0.39 is 0 Å². The first kappa shape index (κ1) is 12.6. The van der Waals surface area contributed by atoms with Gasteiger partial charge in [-0.05, 0) is 24.6 Å². The van der Waals surface area contributed by atoms with Gasteiger partial charge in [0.25, 0.3) is 0 Å². The zero-order valence-corrected chi connectivity index (χ0v) is 10.9. The lowest BCUT2D eigenvalue weighted by molar-refractivity contribution is 0.455. The predicted molar refractivity (Wildman–Crippen MR) is 71.0 cm³/mol. The van der Waals surface area contributed by atoms with E-state index in [0.717, 1.165) is 23.8 Å². The molecule has 0 unspecified atom stereocenters. The molecule has 1 aromatic heterocycles. The second kappa shape index (κ2) is 5.68. The number of aryl methyl sites for hydroxylation is 1. The molecular formula is C12H15N3O2S. The van der Waals surface area contributed by atoms with Gasteiger partial charge >= 0.3 is 0 Å². The molecule has 0 radical (unpaired) electrons. The number of aromatic nitrogens is 2. The Morgan fingerprint density at radius 2 is 2.17 bits per heavy atom. The fraction of sp³-hybridized carbons (Fsp3) is 0.333. The molecule has 18 heavy (non-hydrogen) atoms. The van der Waals surface area contributed by atoms with Crippen molar-refractivity contribution in [3.8, 4) is 11.5 Å². The molecule has 0 amide bonds. The topological polar surface area (TPSA) is 78.3 Å². The number of benzene rings is 1. The standard InChI is InChI=1S/C12H15N3O2S/c1-2-3-11-14-12(18-15-11)13-7-8-6-9(16)4-5-10(8)17/h4-6,16-17H,2-3,7H2,1H3,(H,13,14,15). The summed E-state index contributed by atoms with van der Waals surface area (Å²) < 4.78 is 4.21. The second-order valence-electron chi connectivity index (χ2n) is 3.93. The van der Waals surface area contributed by atoms with Crippen LogP contribution in [-0.2, 0) is 13.0 Å². The second-order valence-corrected chi connectivity index (χ2v) is 4.68. The van der Waals surface area contributed by atoms with Crippen LogP contribution in [0.5, 0.6) is 11.5 Å². The third kappa shape index (κ3) is 3.10. The van der Waals surface area contributed by atoms with Crippen molar-refractivity contribution in [3.05, 3.63) is 29.6 Å². The average Bonchev–Trinajstić information content (AvgIpc) is 2.79. The highest BCUT2D eigenvalue weighted by atomic mass is 32.1. The normalized spacial score (nSPS) is 10.5. The molecule has 0 aliphatic heterocycles. The van der Waals surface area contributed by atoms with Crippen molar-refractivity contribution in [2.75, 3.05) is 5.32 Å². The molecule has 0 spiro atoms. The summed E-state index contributed by atoms with van der Waals surface area (Å²) in [7, 11) is 0. The SMILES string of the molecule is CCCc1nsc(NCc2cc(O)ccc2O)n1. The summed E-state index contributed by atoms with van der Waals surface area (Å²) in [6.07, 6.45) is 1.89. The summed E-state index contributed by atoms with van der Waals surface area (Å²) in [6, 6.07) is 4.44. The van der Waals surface area contributed by atoms with Crippen LogP contribution in [-0.4, -0.2) is 19.6 Å². The maximum absolute atomic E-state index is 9.62. The average molecular weight is 265 g/mol. The maximum Gasteiger partial charge on any atom is 0.202 e. The molecule has 0 saturated carbocycles. The minimum Gasteiger partial charge on any atom is -0.508 e. The van der Waals surface area contributed by atoms with Crippen molar-refractivity contribution in [2.45, 2.75) is 26.3 Å². The maximum atomic E-state index is 9.62. The molecule has 1 aromatic carbocycles. The molecule has 0 aliphatic carbocycles. The first-order chi connectivity index (χ1) is 8.69. The number of aromatic hydroxyl groups is 2. The number of phenolic OH excluding ortho intramolecular Hbond substituents is 2. The Morgan fingerprint density at radius 1 is 1.33 bits per heavy atom. The van der Waals surface area contributed by atoms with Gasteiger partial charge in [0.2, 0.25) is 5.13 Å². The molecule has 2 rings (SSSR count). The number of nitrogens with zero attached hydrogens (tertiary/aromatic N) is 2. The van der Waals surface area contributed by atoms with E-state index >= 15 is 0 Å². The third-order valence-electron chi connectivity index (χ3n) is 2.43. The Morgan fingerprint density at radius 3 is 2.94 bits per heavy atom. The minimum atomic E-state index is 0.133. The summed E-state index contributed by atoms with van der Waals surface area (Å²) in [4.78, 5) is 4.32. The van der Waals surface area contributed by atoms with Crippen LogP contribution in [0, 0.1) is 0 Å². The van der Waals surface area contributed by atoms with Crippen LogP contribution in [0.25, 0.3) is 0 Å². The highest BCUT2D eigenvalue weighted by Gasteiger charge is 2.05. The van der Waals surface area contributed by atoms with Crippen LogP contribution in [0.3, 0.4) is 0 Å². The van der Waals surface area contributed by atoms with Gasteiger partial charge in [-0.1, -0.05) is 6.92 Å². The summed E-state index contributed by atoms with van der Waals surface area (Å²) in [6.45, 7) is 2.49. The molecule has 3 N–H and O–H groups in total. The summed E-state index contributed by atoms with van der Waals surface area (Å²) >= 11 is 1.30. The van der Waals surface area contributed by atoms with E-state index in [-0.39, 0.29) is 11.5 Å². The largest absolute Gasteiger partial charge is 0.508 e. The Kier molecular flexibility index (Phi) is 3.99. The van der Waals surface area contributed by atoms with Crippen LogP contribution in [0.15, 0.2) is 18.2 Å². The molecule has 6 heteroatoms. The number of hydrogen-bond donors (Lipinski definition) is 3. The fourth-order valence-electron chi connectivity index (χ4n) is 1.54. The first-order valence-electron chi connectivity index (χ1n) is 5.76. The van der Waals surface area contributed by atoms with Crippen molar-refractivity contribution in [3.63, 3.8) is 0 Å². The van der Waals surface area contributed by atoms with E-state index in [1.165, 1.54) is 29.7 Å². The number of rotatable bonds is 5. The Hall–Kier alpha value is -1.82. The Labute approximate surface area is 109 Å². The number of nitrogens with one attached hydrogen (secondary N) is 1. The fourth-order valence-corrected chi connectivity index (χ4v) is 2.14. The van der Waals surface area contributed by atoms with E-state index in [1.54, 1.807) is 0 Å². The highest BCUT2D eigenvalue weighted by Crippen LogP contribution is 2.23. The molecule has 0 saturated heterocycles. The quantitative estimate of drug-likeness (QED) is 0.724. The van der Waals surface area contributed by atoms with Crippen LogP contribution in [0.1, 0.15) is 24.7 Å². The Balaban J connectivity index is 1.99. The first-order valence-corrected chi connectivity index (χ1v) is 6.53. The summed E-state index contributed by atoms with van der Waals surface area (Å²) in [5, 5.41) is 22.8. The van der Waals surface area contributed by atoms with Crippen LogP contribution < -0.4 is 5.32 Å². The van der Waals surface area contributed by atoms with E-state index in [2.05, 4.69) is 21.6 Å². The van der Waals surface area contributed by atoms with Crippen molar-refractivity contribution in [1.29, 1.82) is 0 Å². The van der Waals surface area contributed by atoms with Gasteiger partial charge in [0.15, 0.2) is 0 Å². The van der Waals surface area contributed by atoms with Crippen LogP contribution >= 0.6 is 11.5 Å². The minimum absolute atomic E-state index is 0.133. The Bertz CT molecular complexity index is 528. The third-order valence-corrected chi connectivity index (χ3v) is 3.15. The van der Waals surface area contributed by atoms with Gasteiger partial charge in [-0.3, -0.25) is 0 Å². The van der Waals surface area contributed by atoms with Gasteiger partial charge in [0.1, 0.15) is 17.3 Å². The lowest BCUT2D eigenvalue weighted by Gasteiger charge is -2.05. The van der Waals surface area contributed by atoms with Crippen molar-refractivity contribution in [1.82, 2.24) is 9.36 Å². The smallest absolute Gasteiger partial charge is 0.202 e. The van der Waals surface area contributed by atoms with Gasteiger partial charge in [-0.25, -0.2) is 4.98 Å². The molecule has 0 fully saturated rings. The van der Waals surface area contributed by atoms with Gasteiger partial charge in [-0.2, -0.15) is 4.37 Å². The van der Waals surface area contributed by atoms with E-state index in [4.69, 9.17) is 0 Å². The van der Waals surface area contributed by atoms with Crippen molar-refractivity contribution < 1.29 is 10.2 Å². The highest BCUT2D eigenvalue weighted by molar-refractivity contribution is 7.09. The molecule has 96 valence electrons. The van der Waals surface area contributed by atoms with Crippen LogP contribution in [0.2, 0.25) is 0 Å². The summed E-state index contributed by atoms with van der Waals surface area (Å²) in [5.41, 5.74) is 0.627. The van der Waals surface area contributed by atoms with E-state index in [9.17, 15) is 10.2 Å². The molecule has 0 aliphatic rings. The zero-order chi connectivity index (χ0) is 13.0. The van der Waals surface area contributed by atoms with Crippen molar-refractivity contribution in [2.24, 2.45) is 0 Å².